The molecule has 0 bridgehead atoms. The van der Waals surface area contributed by atoms with Crippen molar-refractivity contribution >= 4 is 17.3 Å². The summed E-state index contributed by atoms with van der Waals surface area (Å²) in [6.07, 6.45) is -2.71. The molecule has 2 rings (SSSR count). The van der Waals surface area contributed by atoms with Crippen molar-refractivity contribution in [3.63, 3.8) is 0 Å². The maximum absolute atomic E-state index is 12.0. The van der Waals surface area contributed by atoms with E-state index in [0.29, 0.717) is 0 Å². The van der Waals surface area contributed by atoms with Gasteiger partial charge in [0.1, 0.15) is 24.7 Å². The van der Waals surface area contributed by atoms with E-state index in [1.807, 2.05) is 0 Å². The predicted molar refractivity (Wildman–Crippen MR) is 70.6 cm³/mol. The summed E-state index contributed by atoms with van der Waals surface area (Å²) in [5.41, 5.74) is -0.0161. The molecule has 0 saturated carbocycles. The minimum absolute atomic E-state index is 0.242. The van der Waals surface area contributed by atoms with Crippen molar-refractivity contribution in [3.8, 4) is 5.75 Å². The first kappa shape index (κ1) is 16.3. The highest BCUT2D eigenvalue weighted by Gasteiger charge is 2.30. The fourth-order valence-electron chi connectivity index (χ4n) is 1.62. The van der Waals surface area contributed by atoms with Crippen LogP contribution >= 0.6 is 0 Å². The van der Waals surface area contributed by atoms with E-state index < -0.39 is 22.9 Å². The van der Waals surface area contributed by atoms with Crippen molar-refractivity contribution in [3.05, 3.63) is 46.8 Å². The molecule has 0 aliphatic rings. The van der Waals surface area contributed by atoms with E-state index in [9.17, 15) is 28.1 Å². The van der Waals surface area contributed by atoms with Crippen LogP contribution in [-0.2, 0) is 11.3 Å². The van der Waals surface area contributed by atoms with Gasteiger partial charge in [0.2, 0.25) is 5.91 Å². The number of alkyl halides is 3. The van der Waals surface area contributed by atoms with E-state index in [1.165, 1.54) is 12.1 Å². The normalized spacial score (nSPS) is 11.1. The molecule has 23 heavy (non-hydrogen) atoms. The molecule has 0 spiro atoms. The number of nitrogens with one attached hydrogen (secondary N) is 1. The molecule has 0 aliphatic carbocycles. The van der Waals surface area contributed by atoms with E-state index in [4.69, 9.17) is 0 Å². The van der Waals surface area contributed by atoms with Gasteiger partial charge in [-0.05, 0) is 24.3 Å². The third-order valence-electron chi connectivity index (χ3n) is 2.51. The molecule has 1 aromatic heterocycles. The molecular formula is C12H9F3N4O4. The molecule has 0 unspecified atom stereocenters. The monoisotopic (exact) mass is 330 g/mol. The fraction of sp³-hybridized carbons (Fsp3) is 0.167. The quantitative estimate of drug-likeness (QED) is 0.670. The Morgan fingerprint density at radius 2 is 2.00 bits per heavy atom. The maximum Gasteiger partial charge on any atom is 0.573 e. The zero-order valence-electron chi connectivity index (χ0n) is 11.3. The van der Waals surface area contributed by atoms with Gasteiger partial charge in [0.25, 0.3) is 0 Å². The standard InChI is InChI=1S/C12H9F3N4O4/c13-12(14,15)23-10-3-1-8(2-4-10)17-11(20)7-18-6-9(5-16-18)19(21)22/h1-6H,7H2,(H,17,20). The summed E-state index contributed by atoms with van der Waals surface area (Å²) >= 11 is 0. The second-order valence-electron chi connectivity index (χ2n) is 4.27. The van der Waals surface area contributed by atoms with Crippen molar-refractivity contribution in [2.75, 3.05) is 5.32 Å². The van der Waals surface area contributed by atoms with Gasteiger partial charge >= 0.3 is 12.0 Å². The van der Waals surface area contributed by atoms with Gasteiger partial charge < -0.3 is 10.1 Å². The number of nitrogens with zero attached hydrogens (tertiary/aromatic N) is 3. The zero-order chi connectivity index (χ0) is 17.0. The highest BCUT2D eigenvalue weighted by atomic mass is 19.4. The van der Waals surface area contributed by atoms with E-state index in [0.717, 1.165) is 29.2 Å². The van der Waals surface area contributed by atoms with E-state index in [-0.39, 0.29) is 17.9 Å². The summed E-state index contributed by atoms with van der Waals surface area (Å²) in [6.45, 7) is -0.283. The van der Waals surface area contributed by atoms with Gasteiger partial charge in [0.15, 0.2) is 0 Å². The Kier molecular flexibility index (Phi) is 4.48. The van der Waals surface area contributed by atoms with Gasteiger partial charge in [0.05, 0.1) is 4.92 Å². The van der Waals surface area contributed by atoms with Crippen LogP contribution in [0.1, 0.15) is 0 Å². The lowest BCUT2D eigenvalue weighted by Gasteiger charge is -2.10. The van der Waals surface area contributed by atoms with Crippen molar-refractivity contribution < 1.29 is 27.6 Å². The minimum Gasteiger partial charge on any atom is -0.406 e. The summed E-state index contributed by atoms with van der Waals surface area (Å²) in [5, 5.41) is 16.5. The molecule has 0 atom stereocenters. The largest absolute Gasteiger partial charge is 0.573 e. The van der Waals surface area contributed by atoms with Gasteiger partial charge in [-0.2, -0.15) is 5.10 Å². The number of amides is 1. The number of benzene rings is 1. The smallest absolute Gasteiger partial charge is 0.406 e. The summed E-state index contributed by atoms with van der Waals surface area (Å²) in [4.78, 5) is 21.6. The summed E-state index contributed by atoms with van der Waals surface area (Å²) in [6, 6.07) is 4.54. The Morgan fingerprint density at radius 3 is 2.52 bits per heavy atom. The van der Waals surface area contributed by atoms with Crippen LogP contribution in [0.3, 0.4) is 0 Å². The molecule has 0 radical (unpaired) electrons. The van der Waals surface area contributed by atoms with Gasteiger partial charge in [-0.15, -0.1) is 13.2 Å². The van der Waals surface area contributed by atoms with Gasteiger partial charge in [0, 0.05) is 5.69 Å². The van der Waals surface area contributed by atoms with E-state index in [1.54, 1.807) is 0 Å². The van der Waals surface area contributed by atoms with Crippen LogP contribution in [-0.4, -0.2) is 27.0 Å². The molecule has 1 N–H and O–H groups in total. The first-order valence-corrected chi connectivity index (χ1v) is 6.05. The van der Waals surface area contributed by atoms with Crippen LogP contribution in [0, 0.1) is 10.1 Å². The number of anilines is 1. The SMILES string of the molecule is O=C(Cn1cc([N+](=O)[O-])cn1)Nc1ccc(OC(F)(F)F)cc1. The van der Waals surface area contributed by atoms with Crippen molar-refractivity contribution in [1.29, 1.82) is 0 Å². The minimum atomic E-state index is -4.79. The highest BCUT2D eigenvalue weighted by molar-refractivity contribution is 5.90. The van der Waals surface area contributed by atoms with Crippen LogP contribution < -0.4 is 10.1 Å². The summed E-state index contributed by atoms with van der Waals surface area (Å²) in [5.74, 6) is -0.967. The average molecular weight is 330 g/mol. The molecule has 0 aliphatic heterocycles. The zero-order valence-corrected chi connectivity index (χ0v) is 11.3. The molecule has 1 aromatic carbocycles. The molecule has 2 aromatic rings. The molecule has 11 heteroatoms. The maximum atomic E-state index is 12.0. The Labute approximate surface area is 126 Å². The Hall–Kier alpha value is -3.11. The van der Waals surface area contributed by atoms with Crippen molar-refractivity contribution in [1.82, 2.24) is 9.78 Å². The van der Waals surface area contributed by atoms with Crippen LogP contribution in [0.25, 0.3) is 0 Å². The molecule has 1 heterocycles. The van der Waals surface area contributed by atoms with Crippen molar-refractivity contribution in [2.24, 2.45) is 0 Å². The molecule has 8 nitrogen and oxygen atoms in total. The van der Waals surface area contributed by atoms with Gasteiger partial charge in [-0.1, -0.05) is 0 Å². The van der Waals surface area contributed by atoms with Crippen LogP contribution in [0.5, 0.6) is 5.75 Å². The first-order chi connectivity index (χ1) is 10.7. The average Bonchev–Trinajstić information content (AvgIpc) is 2.88. The van der Waals surface area contributed by atoms with Crippen LogP contribution in [0.4, 0.5) is 24.5 Å². The Bertz CT molecular complexity index is 712. The number of nitro groups is 1. The lowest BCUT2D eigenvalue weighted by Crippen LogP contribution is -2.19. The number of aromatic nitrogens is 2. The second kappa shape index (κ2) is 6.34. The lowest BCUT2D eigenvalue weighted by atomic mass is 10.3. The lowest BCUT2D eigenvalue weighted by molar-refractivity contribution is -0.385. The van der Waals surface area contributed by atoms with E-state index >= 15 is 0 Å². The number of ether oxygens (including phenoxy) is 1. The van der Waals surface area contributed by atoms with Gasteiger partial charge in [-0.25, -0.2) is 0 Å². The van der Waals surface area contributed by atoms with Gasteiger partial charge in [-0.3, -0.25) is 19.6 Å². The molecule has 0 fully saturated rings. The first-order valence-electron chi connectivity index (χ1n) is 6.05. The molecule has 122 valence electrons. The third-order valence-corrected chi connectivity index (χ3v) is 2.51. The summed E-state index contributed by atoms with van der Waals surface area (Å²) < 4.78 is 40.8. The topological polar surface area (TPSA) is 99.3 Å². The highest BCUT2D eigenvalue weighted by Crippen LogP contribution is 2.23. The number of carbonyl (C=O) groups excluding carboxylic acids is 1. The second-order valence-corrected chi connectivity index (χ2v) is 4.27. The predicted octanol–water partition coefficient (Wildman–Crippen LogP) is 2.33. The van der Waals surface area contributed by atoms with Crippen molar-refractivity contribution in [2.45, 2.75) is 12.9 Å². The van der Waals surface area contributed by atoms with Crippen LogP contribution in [0.2, 0.25) is 0 Å². The number of hydrogen-bond acceptors (Lipinski definition) is 5. The summed E-state index contributed by atoms with van der Waals surface area (Å²) in [7, 11) is 0. The molecule has 0 saturated heterocycles. The number of rotatable bonds is 5. The Balaban J connectivity index is 1.93. The number of carbonyl (C=O) groups is 1. The third kappa shape index (κ3) is 4.98. The number of hydrogen-bond donors (Lipinski definition) is 1. The van der Waals surface area contributed by atoms with E-state index in [2.05, 4.69) is 15.2 Å². The molecular weight excluding hydrogens is 321 g/mol. The fourth-order valence-corrected chi connectivity index (χ4v) is 1.62. The Morgan fingerprint density at radius 1 is 1.35 bits per heavy atom. The number of halogens is 3. The van der Waals surface area contributed by atoms with Crippen LogP contribution in [0.15, 0.2) is 36.7 Å². The molecule has 1 amide bonds.